The maximum Gasteiger partial charge on any atom is 0.223 e. The molecule has 1 aliphatic rings. The normalized spacial score (nSPS) is 12.7. The Hall–Kier alpha value is -2.43. The number of nitrogens with zero attached hydrogens (tertiary/aromatic N) is 2. The molecule has 0 N–H and O–H groups in total. The van der Waals surface area contributed by atoms with Crippen molar-refractivity contribution in [1.29, 1.82) is 0 Å². The van der Waals surface area contributed by atoms with Crippen LogP contribution >= 0.6 is 0 Å². The predicted octanol–water partition coefficient (Wildman–Crippen LogP) is 16.9. The van der Waals surface area contributed by atoms with Crippen LogP contribution in [0.25, 0.3) is 16.9 Å². The van der Waals surface area contributed by atoms with Gasteiger partial charge in [0.15, 0.2) is 0 Å². The SMILES string of the molecule is CCCCCCCCCCCCCCCCCCCCCCC#CC1=C(c2cccc(CCCCC)c2)[N+](=[N-])C(c2cccc(CCCCC)c2)=C1CC.[Ni]. The van der Waals surface area contributed by atoms with Gasteiger partial charge in [-0.1, -0.05) is 211 Å². The Morgan fingerprint density at radius 3 is 1.27 bits per heavy atom. The quantitative estimate of drug-likeness (QED) is 0.0315. The van der Waals surface area contributed by atoms with Crippen molar-refractivity contribution < 1.29 is 21.2 Å². The number of rotatable bonds is 31. The standard InChI is InChI=1S/C52H80N2.Ni/c1-5-9-12-13-14-15-16-17-18-19-20-21-22-23-24-25-26-27-28-29-30-33-42-50-49(8-4)51(47-40-34-38-45(43-47)36-31-10-6-2)54(53)52(50)48-41-35-39-46(44-48)37-32-11-7-3;/h34-35,38-41,43-44H,5-32,36-37H2,1-4H3;. The molecule has 2 nitrogen and oxygen atoms in total. The van der Waals surface area contributed by atoms with E-state index in [0.29, 0.717) is 0 Å². The van der Waals surface area contributed by atoms with Gasteiger partial charge in [0.25, 0.3) is 0 Å². The largest absolute Gasteiger partial charge is 0.493 e. The third kappa shape index (κ3) is 19.0. The van der Waals surface area contributed by atoms with Crippen LogP contribution in [0.15, 0.2) is 59.7 Å². The fraction of sp³-hybridized carbons (Fsp3) is 0.654. The summed E-state index contributed by atoms with van der Waals surface area (Å²) in [6.45, 7) is 9.03. The molecule has 0 aliphatic carbocycles. The first-order valence-corrected chi connectivity index (χ1v) is 23.3. The van der Waals surface area contributed by atoms with Crippen LogP contribution in [0.3, 0.4) is 0 Å². The maximum atomic E-state index is 12.0. The van der Waals surface area contributed by atoms with Crippen molar-refractivity contribution in [1.82, 2.24) is 0 Å². The monoisotopic (exact) mass is 791 g/mol. The van der Waals surface area contributed by atoms with E-state index >= 15 is 0 Å². The molecular formula is C52H80N2Ni. The molecule has 0 unspecified atom stereocenters. The van der Waals surface area contributed by atoms with E-state index in [0.717, 1.165) is 65.8 Å². The van der Waals surface area contributed by atoms with Crippen molar-refractivity contribution in [2.45, 2.75) is 220 Å². The summed E-state index contributed by atoms with van der Waals surface area (Å²) in [7, 11) is 0. The first-order valence-electron chi connectivity index (χ1n) is 23.3. The topological polar surface area (TPSA) is 25.3 Å². The molecule has 1 heterocycles. The van der Waals surface area contributed by atoms with Crippen molar-refractivity contribution in [3.63, 3.8) is 0 Å². The maximum absolute atomic E-state index is 12.0. The Bertz CT molecular complexity index is 1450. The van der Waals surface area contributed by atoms with Crippen LogP contribution in [0.1, 0.15) is 230 Å². The number of benzene rings is 2. The molecule has 0 atom stereocenters. The average Bonchev–Trinajstić information content (AvgIpc) is 3.47. The Morgan fingerprint density at radius 2 is 0.855 bits per heavy atom. The smallest absolute Gasteiger partial charge is 0.223 e. The summed E-state index contributed by atoms with van der Waals surface area (Å²) >= 11 is 0. The molecule has 0 amide bonds. The first kappa shape index (κ1) is 48.7. The molecule has 1 aliphatic heterocycles. The first-order chi connectivity index (χ1) is 26.6. The third-order valence-corrected chi connectivity index (χ3v) is 11.5. The van der Waals surface area contributed by atoms with E-state index in [9.17, 15) is 5.53 Å². The van der Waals surface area contributed by atoms with E-state index < -0.39 is 0 Å². The van der Waals surface area contributed by atoms with Crippen LogP contribution in [0.4, 0.5) is 0 Å². The molecule has 3 rings (SSSR count). The van der Waals surface area contributed by atoms with Gasteiger partial charge in [-0.05, 0) is 73.9 Å². The molecule has 0 fully saturated rings. The molecule has 0 aromatic heterocycles. The van der Waals surface area contributed by atoms with Crippen molar-refractivity contribution in [3.05, 3.63) is 87.5 Å². The average molecular weight is 792 g/mol. The second-order valence-electron chi connectivity index (χ2n) is 16.3. The van der Waals surface area contributed by atoms with E-state index in [1.54, 1.807) is 0 Å². The molecule has 0 radical (unpaired) electrons. The number of hydrogen-bond acceptors (Lipinski definition) is 0. The minimum absolute atomic E-state index is 0. The van der Waals surface area contributed by atoms with Crippen LogP contribution in [0.2, 0.25) is 0 Å². The molecule has 55 heavy (non-hydrogen) atoms. The molecule has 3 heteroatoms. The predicted molar refractivity (Wildman–Crippen MR) is 237 cm³/mol. The minimum atomic E-state index is 0. The summed E-state index contributed by atoms with van der Waals surface area (Å²) in [4.78, 5) is 0. The zero-order chi connectivity index (χ0) is 38.5. The second kappa shape index (κ2) is 31.6. The van der Waals surface area contributed by atoms with Gasteiger partial charge in [-0.15, -0.1) is 0 Å². The number of unbranched alkanes of at least 4 members (excludes halogenated alkanes) is 24. The molecule has 2 aromatic rings. The minimum Gasteiger partial charge on any atom is -0.493 e. The van der Waals surface area contributed by atoms with Gasteiger partial charge in [0.05, 0.1) is 0 Å². The van der Waals surface area contributed by atoms with Gasteiger partial charge in [0.1, 0.15) is 5.57 Å². The van der Waals surface area contributed by atoms with E-state index in [2.05, 4.69) is 88.1 Å². The summed E-state index contributed by atoms with van der Waals surface area (Å²) in [5.41, 5.74) is 20.7. The molecule has 308 valence electrons. The Balaban J connectivity index is 0.0000105. The summed E-state index contributed by atoms with van der Waals surface area (Å²) in [5, 5.41) is 0. The Kier molecular flexibility index (Phi) is 28.0. The second-order valence-corrected chi connectivity index (χ2v) is 16.3. The Morgan fingerprint density at radius 1 is 0.473 bits per heavy atom. The van der Waals surface area contributed by atoms with Crippen molar-refractivity contribution >= 4 is 11.4 Å². The van der Waals surface area contributed by atoms with Crippen LogP contribution < -0.4 is 0 Å². The number of hydrogen-bond donors (Lipinski definition) is 0. The van der Waals surface area contributed by atoms with Crippen molar-refractivity contribution in [2.24, 2.45) is 0 Å². The molecular weight excluding hydrogens is 711 g/mol. The third-order valence-electron chi connectivity index (χ3n) is 11.5. The molecule has 0 spiro atoms. The molecule has 2 aromatic carbocycles. The number of aryl methyl sites for hydroxylation is 2. The van der Waals surface area contributed by atoms with Crippen LogP contribution in [0.5, 0.6) is 0 Å². The van der Waals surface area contributed by atoms with Crippen LogP contribution in [0, 0.1) is 11.8 Å². The van der Waals surface area contributed by atoms with E-state index in [-0.39, 0.29) is 16.5 Å². The fourth-order valence-corrected chi connectivity index (χ4v) is 8.17. The summed E-state index contributed by atoms with van der Waals surface area (Å²) in [6, 6.07) is 17.7. The van der Waals surface area contributed by atoms with Crippen LogP contribution in [-0.2, 0) is 29.3 Å². The summed E-state index contributed by atoms with van der Waals surface area (Å²) in [6.07, 6.45) is 39.3. The van der Waals surface area contributed by atoms with E-state index in [1.807, 2.05) is 0 Å². The van der Waals surface area contributed by atoms with Crippen LogP contribution in [-0.4, -0.2) is 4.70 Å². The summed E-state index contributed by atoms with van der Waals surface area (Å²) < 4.78 is 1.47. The van der Waals surface area contributed by atoms with E-state index in [4.69, 9.17) is 0 Å². The van der Waals surface area contributed by atoms with Gasteiger partial charge in [-0.25, -0.2) is 4.70 Å². The molecule has 0 bridgehead atoms. The van der Waals surface area contributed by atoms with E-state index in [1.165, 1.54) is 176 Å². The van der Waals surface area contributed by atoms with Gasteiger partial charge in [-0.3, -0.25) is 0 Å². The molecule has 0 saturated heterocycles. The number of allylic oxidation sites excluding steroid dienone is 2. The van der Waals surface area contributed by atoms with Gasteiger partial charge in [0, 0.05) is 39.6 Å². The van der Waals surface area contributed by atoms with Gasteiger partial charge >= 0.3 is 0 Å². The van der Waals surface area contributed by atoms with Gasteiger partial charge in [-0.2, -0.15) is 0 Å². The van der Waals surface area contributed by atoms with Gasteiger partial charge in [0.2, 0.25) is 11.4 Å². The Labute approximate surface area is 350 Å². The molecule has 0 saturated carbocycles. The summed E-state index contributed by atoms with van der Waals surface area (Å²) in [5.74, 6) is 7.19. The van der Waals surface area contributed by atoms with Gasteiger partial charge < -0.3 is 5.53 Å². The zero-order valence-corrected chi connectivity index (χ0v) is 37.0. The van der Waals surface area contributed by atoms with Crippen molar-refractivity contribution in [2.75, 3.05) is 0 Å². The fourth-order valence-electron chi connectivity index (χ4n) is 8.17. The zero-order valence-electron chi connectivity index (χ0n) is 36.0. The van der Waals surface area contributed by atoms with Crippen molar-refractivity contribution in [3.8, 4) is 11.8 Å².